The molecule has 2 aliphatic rings. The van der Waals surface area contributed by atoms with Gasteiger partial charge in [-0.1, -0.05) is 70.2 Å². The molecule has 0 bridgehead atoms. The van der Waals surface area contributed by atoms with Crippen LogP contribution in [0.25, 0.3) is 0 Å². The molecule has 166 valence electrons. The number of ether oxygens (including phenoxy) is 2. The Kier molecular flexibility index (Phi) is 5.29. The number of methoxy groups -OCH3 is 1. The van der Waals surface area contributed by atoms with Gasteiger partial charge in [-0.25, -0.2) is 9.89 Å². The molecule has 6 nitrogen and oxygen atoms in total. The SMILES string of the molecule is COc1ccc(N2C(=O)[C@]3(c4ccccc4)N=C(SC)O[C@]3(c3ccc(Br)cc3)C2=O)cc1. The highest BCUT2D eigenvalue weighted by molar-refractivity contribution is 9.10. The second kappa shape index (κ2) is 8.04. The first kappa shape index (κ1) is 21.7. The summed E-state index contributed by atoms with van der Waals surface area (Å²) in [7, 11) is 1.56. The van der Waals surface area contributed by atoms with Crippen molar-refractivity contribution in [3.63, 3.8) is 0 Å². The molecule has 0 radical (unpaired) electrons. The second-order valence-corrected chi connectivity index (χ2v) is 9.27. The van der Waals surface area contributed by atoms with E-state index >= 15 is 0 Å². The van der Waals surface area contributed by atoms with Crippen molar-refractivity contribution in [2.24, 2.45) is 4.99 Å². The minimum absolute atomic E-state index is 0.290. The molecule has 0 N–H and O–H groups in total. The van der Waals surface area contributed by atoms with E-state index in [1.54, 1.807) is 43.5 Å². The summed E-state index contributed by atoms with van der Waals surface area (Å²) in [6.45, 7) is 0. The fraction of sp³-hybridized carbons (Fsp3) is 0.160. The molecule has 8 heteroatoms. The summed E-state index contributed by atoms with van der Waals surface area (Å²) in [5.74, 6) is -0.329. The number of benzene rings is 3. The van der Waals surface area contributed by atoms with E-state index in [9.17, 15) is 9.59 Å². The van der Waals surface area contributed by atoms with Crippen LogP contribution < -0.4 is 9.64 Å². The highest BCUT2D eigenvalue weighted by Gasteiger charge is 2.77. The lowest BCUT2D eigenvalue weighted by atomic mass is 9.73. The third-order valence-corrected chi connectivity index (χ3v) is 7.03. The van der Waals surface area contributed by atoms with Crippen molar-refractivity contribution >= 4 is 50.4 Å². The zero-order valence-electron chi connectivity index (χ0n) is 17.8. The zero-order valence-corrected chi connectivity index (χ0v) is 20.2. The number of thioether (sulfide) groups is 1. The molecule has 0 unspecified atom stereocenters. The number of anilines is 1. The Morgan fingerprint density at radius 2 is 1.58 bits per heavy atom. The van der Waals surface area contributed by atoms with Gasteiger partial charge in [0.25, 0.3) is 17.4 Å². The molecule has 33 heavy (non-hydrogen) atoms. The minimum atomic E-state index is -1.68. The lowest BCUT2D eigenvalue weighted by molar-refractivity contribution is -0.135. The minimum Gasteiger partial charge on any atom is -0.497 e. The molecule has 0 spiro atoms. The van der Waals surface area contributed by atoms with Gasteiger partial charge in [-0.3, -0.25) is 9.59 Å². The zero-order chi connectivity index (χ0) is 23.2. The summed E-state index contributed by atoms with van der Waals surface area (Å²) >= 11 is 4.71. The van der Waals surface area contributed by atoms with Gasteiger partial charge in [-0.05, 0) is 48.2 Å². The number of nitrogens with zero attached hydrogens (tertiary/aromatic N) is 2. The predicted molar refractivity (Wildman–Crippen MR) is 131 cm³/mol. The number of imide groups is 1. The van der Waals surface area contributed by atoms with Crippen molar-refractivity contribution in [1.29, 1.82) is 0 Å². The Morgan fingerprint density at radius 3 is 2.18 bits per heavy atom. The van der Waals surface area contributed by atoms with Gasteiger partial charge in [0, 0.05) is 10.0 Å². The number of rotatable bonds is 4. The number of carbonyl (C=O) groups is 2. The van der Waals surface area contributed by atoms with Gasteiger partial charge in [-0.15, -0.1) is 0 Å². The van der Waals surface area contributed by atoms with Crippen LogP contribution in [-0.2, 0) is 25.5 Å². The lowest BCUT2D eigenvalue weighted by Gasteiger charge is -2.33. The van der Waals surface area contributed by atoms with Crippen molar-refractivity contribution in [3.8, 4) is 5.75 Å². The predicted octanol–water partition coefficient (Wildman–Crippen LogP) is 4.87. The first-order chi connectivity index (χ1) is 16.0. The molecule has 2 aliphatic heterocycles. The van der Waals surface area contributed by atoms with E-state index < -0.39 is 23.0 Å². The normalized spacial score (nSPS) is 23.8. The van der Waals surface area contributed by atoms with Gasteiger partial charge in [0.15, 0.2) is 0 Å². The van der Waals surface area contributed by atoms with Gasteiger partial charge in [0.05, 0.1) is 12.8 Å². The number of amides is 2. The lowest BCUT2D eigenvalue weighted by Crippen LogP contribution is -2.49. The van der Waals surface area contributed by atoms with E-state index in [1.165, 1.54) is 16.7 Å². The highest BCUT2D eigenvalue weighted by atomic mass is 79.9. The maximum atomic E-state index is 14.3. The van der Waals surface area contributed by atoms with Crippen LogP contribution in [0.1, 0.15) is 11.1 Å². The molecule has 3 aromatic carbocycles. The summed E-state index contributed by atoms with van der Waals surface area (Å²) < 4.78 is 12.4. The number of fused-ring (bicyclic) bond motifs is 1. The van der Waals surface area contributed by atoms with Gasteiger partial charge < -0.3 is 9.47 Å². The number of aliphatic imine (C=N–C) groups is 1. The molecule has 5 rings (SSSR count). The summed E-state index contributed by atoms with van der Waals surface area (Å²) in [6.07, 6.45) is 1.81. The van der Waals surface area contributed by atoms with Crippen molar-refractivity contribution < 1.29 is 19.1 Å². The van der Waals surface area contributed by atoms with Crippen LogP contribution in [-0.4, -0.2) is 30.4 Å². The van der Waals surface area contributed by atoms with Gasteiger partial charge in [0.1, 0.15) is 5.75 Å². The quantitative estimate of drug-likeness (QED) is 0.457. The number of carbonyl (C=O) groups excluding carboxylic acids is 2. The fourth-order valence-electron chi connectivity index (χ4n) is 4.45. The highest BCUT2D eigenvalue weighted by Crippen LogP contribution is 2.58. The smallest absolute Gasteiger partial charge is 0.286 e. The van der Waals surface area contributed by atoms with Crippen LogP contribution in [0.2, 0.25) is 0 Å². The van der Waals surface area contributed by atoms with E-state index in [0.717, 1.165) is 4.47 Å². The Bertz CT molecular complexity index is 1260. The Hall–Kier alpha value is -3.10. The monoisotopic (exact) mass is 522 g/mol. The summed E-state index contributed by atoms with van der Waals surface area (Å²) in [6, 6.07) is 23.2. The number of halogens is 1. The van der Waals surface area contributed by atoms with Crippen molar-refractivity contribution in [2.75, 3.05) is 18.3 Å². The second-order valence-electron chi connectivity index (χ2n) is 7.59. The molecule has 3 aromatic rings. The third-order valence-electron chi connectivity index (χ3n) is 5.97. The first-order valence-corrected chi connectivity index (χ1v) is 12.2. The van der Waals surface area contributed by atoms with E-state index in [-0.39, 0.29) is 5.23 Å². The van der Waals surface area contributed by atoms with E-state index in [0.29, 0.717) is 22.6 Å². The van der Waals surface area contributed by atoms with Crippen molar-refractivity contribution in [2.45, 2.75) is 11.1 Å². The summed E-state index contributed by atoms with van der Waals surface area (Å²) in [5.41, 5.74) is -1.71. The maximum Gasteiger partial charge on any atom is 0.286 e. The molecule has 2 heterocycles. The van der Waals surface area contributed by atoms with E-state index in [1.807, 2.05) is 48.7 Å². The van der Waals surface area contributed by atoms with Gasteiger partial charge in [0.2, 0.25) is 10.8 Å². The maximum absolute atomic E-state index is 14.3. The molecular weight excluding hydrogens is 504 g/mol. The summed E-state index contributed by atoms with van der Waals surface area (Å²) in [4.78, 5) is 34.5. The molecule has 0 saturated carbocycles. The molecule has 0 aliphatic carbocycles. The van der Waals surface area contributed by atoms with Crippen LogP contribution >= 0.6 is 27.7 Å². The molecule has 0 aromatic heterocycles. The fourth-order valence-corrected chi connectivity index (χ4v) is 5.15. The third kappa shape index (κ3) is 2.97. The van der Waals surface area contributed by atoms with Gasteiger partial charge in [-0.2, -0.15) is 0 Å². The topological polar surface area (TPSA) is 68.2 Å². The number of hydrogen-bond donors (Lipinski definition) is 0. The van der Waals surface area contributed by atoms with Crippen LogP contribution in [0.15, 0.2) is 88.3 Å². The molecule has 2 atom stereocenters. The summed E-state index contributed by atoms with van der Waals surface area (Å²) in [5, 5.41) is 0.290. The van der Waals surface area contributed by atoms with Crippen LogP contribution in [0, 0.1) is 0 Å². The molecule has 2 amide bonds. The molecule has 1 saturated heterocycles. The standard InChI is InChI=1S/C25H19BrN2O4S/c1-31-20-14-12-19(13-15-20)28-21(29)24(16-6-4-3-5-7-16)25(22(28)30,32-23(27-24)33-2)17-8-10-18(26)11-9-17/h3-15H,1-2H3/t24-,25+/m0/s1. The number of hydrogen-bond acceptors (Lipinski definition) is 6. The van der Waals surface area contributed by atoms with Crippen LogP contribution in [0.4, 0.5) is 5.69 Å². The van der Waals surface area contributed by atoms with E-state index in [2.05, 4.69) is 15.9 Å². The Balaban J connectivity index is 1.80. The largest absolute Gasteiger partial charge is 0.497 e. The molecule has 1 fully saturated rings. The van der Waals surface area contributed by atoms with Crippen LogP contribution in [0.5, 0.6) is 5.75 Å². The Labute approximate surface area is 203 Å². The van der Waals surface area contributed by atoms with Crippen molar-refractivity contribution in [3.05, 3.63) is 94.5 Å². The molecular formula is C25H19BrN2O4S. The Morgan fingerprint density at radius 1 is 0.909 bits per heavy atom. The van der Waals surface area contributed by atoms with Crippen molar-refractivity contribution in [1.82, 2.24) is 0 Å². The van der Waals surface area contributed by atoms with Crippen LogP contribution in [0.3, 0.4) is 0 Å². The van der Waals surface area contributed by atoms with E-state index in [4.69, 9.17) is 14.5 Å². The first-order valence-electron chi connectivity index (χ1n) is 10.2. The van der Waals surface area contributed by atoms with Gasteiger partial charge >= 0.3 is 0 Å². The average molecular weight is 523 g/mol. The average Bonchev–Trinajstić information content (AvgIpc) is 3.30.